The van der Waals surface area contributed by atoms with Gasteiger partial charge in [0, 0.05) is 19.3 Å². The van der Waals surface area contributed by atoms with Gasteiger partial charge in [0.25, 0.3) is 0 Å². The maximum absolute atomic E-state index is 5.14. The van der Waals surface area contributed by atoms with E-state index in [1.807, 2.05) is 18.5 Å². The fourth-order valence-corrected chi connectivity index (χ4v) is 1.63. The molecule has 1 aromatic heterocycles. The first-order valence-corrected chi connectivity index (χ1v) is 5.98. The van der Waals surface area contributed by atoms with Crippen LogP contribution in [0.15, 0.2) is 0 Å². The number of aryl methyl sites for hydroxylation is 1. The van der Waals surface area contributed by atoms with E-state index in [0.717, 1.165) is 36.2 Å². The number of hydrogen-bond donors (Lipinski definition) is 1. The van der Waals surface area contributed by atoms with Crippen LogP contribution in [0.3, 0.4) is 0 Å². The van der Waals surface area contributed by atoms with E-state index in [1.165, 1.54) is 0 Å². The molecular formula is C10H16N4S. The quantitative estimate of drug-likeness (QED) is 0.567. The van der Waals surface area contributed by atoms with Gasteiger partial charge in [0.2, 0.25) is 0 Å². The summed E-state index contributed by atoms with van der Waals surface area (Å²) in [5.74, 6) is 6.31. The van der Waals surface area contributed by atoms with Crippen LogP contribution in [-0.4, -0.2) is 32.8 Å². The number of rotatable bonds is 6. The molecule has 0 radical (unpaired) electrons. The van der Waals surface area contributed by atoms with Crippen molar-refractivity contribution in [2.75, 3.05) is 18.1 Å². The standard InChI is InChI=1S/C10H16N4S/c1-4-6-15-7-5-11-8-10-13-12-9(2)14(10)3/h1,11H,5-8H2,2-3H3. The van der Waals surface area contributed by atoms with E-state index in [-0.39, 0.29) is 0 Å². The van der Waals surface area contributed by atoms with Gasteiger partial charge in [-0.1, -0.05) is 5.92 Å². The SMILES string of the molecule is C#CCSCCNCc1nnc(C)n1C. The van der Waals surface area contributed by atoms with Gasteiger partial charge < -0.3 is 9.88 Å². The van der Waals surface area contributed by atoms with E-state index in [9.17, 15) is 0 Å². The van der Waals surface area contributed by atoms with Crippen molar-refractivity contribution < 1.29 is 0 Å². The molecule has 0 bridgehead atoms. The van der Waals surface area contributed by atoms with Crippen LogP contribution in [0.4, 0.5) is 0 Å². The van der Waals surface area contributed by atoms with Gasteiger partial charge in [0.05, 0.1) is 12.3 Å². The molecule has 1 heterocycles. The maximum Gasteiger partial charge on any atom is 0.146 e. The Morgan fingerprint density at radius 1 is 1.53 bits per heavy atom. The third kappa shape index (κ3) is 3.94. The Kier molecular flexibility index (Phi) is 5.22. The summed E-state index contributed by atoms with van der Waals surface area (Å²) in [6.07, 6.45) is 5.14. The molecule has 0 aliphatic heterocycles. The van der Waals surface area contributed by atoms with E-state index in [4.69, 9.17) is 6.42 Å². The van der Waals surface area contributed by atoms with Crippen molar-refractivity contribution in [2.45, 2.75) is 13.5 Å². The molecule has 15 heavy (non-hydrogen) atoms. The summed E-state index contributed by atoms with van der Waals surface area (Å²) in [4.78, 5) is 0. The molecule has 1 rings (SSSR count). The molecule has 0 aromatic carbocycles. The van der Waals surface area contributed by atoms with E-state index in [2.05, 4.69) is 21.4 Å². The minimum absolute atomic E-state index is 0.758. The molecule has 0 spiro atoms. The van der Waals surface area contributed by atoms with Gasteiger partial charge in [-0.2, -0.15) is 0 Å². The van der Waals surface area contributed by atoms with Crippen LogP contribution in [0.2, 0.25) is 0 Å². The van der Waals surface area contributed by atoms with Gasteiger partial charge >= 0.3 is 0 Å². The highest BCUT2D eigenvalue weighted by molar-refractivity contribution is 7.99. The highest BCUT2D eigenvalue weighted by Gasteiger charge is 2.02. The summed E-state index contributed by atoms with van der Waals surface area (Å²) < 4.78 is 1.99. The topological polar surface area (TPSA) is 42.7 Å². The number of aromatic nitrogens is 3. The predicted octanol–water partition coefficient (Wildman–Crippen LogP) is 0.580. The second kappa shape index (κ2) is 6.49. The molecule has 0 saturated heterocycles. The number of terminal acetylenes is 1. The Bertz CT molecular complexity index is 340. The second-order valence-corrected chi connectivity index (χ2v) is 4.26. The van der Waals surface area contributed by atoms with E-state index in [0.29, 0.717) is 0 Å². The lowest BCUT2D eigenvalue weighted by Crippen LogP contribution is -2.19. The summed E-state index contributed by atoms with van der Waals surface area (Å²) in [6, 6.07) is 0. The second-order valence-electron chi connectivity index (χ2n) is 3.16. The van der Waals surface area contributed by atoms with Crippen molar-refractivity contribution in [1.29, 1.82) is 0 Å². The Balaban J connectivity index is 2.16. The first-order chi connectivity index (χ1) is 7.25. The van der Waals surface area contributed by atoms with Gasteiger partial charge in [-0.15, -0.1) is 28.4 Å². The Morgan fingerprint density at radius 2 is 2.33 bits per heavy atom. The summed E-state index contributed by atoms with van der Waals surface area (Å²) in [5, 5.41) is 11.3. The van der Waals surface area contributed by atoms with E-state index < -0.39 is 0 Å². The average Bonchev–Trinajstić information content (AvgIpc) is 2.54. The number of thioether (sulfide) groups is 1. The lowest BCUT2D eigenvalue weighted by molar-refractivity contribution is 0.659. The van der Waals surface area contributed by atoms with Crippen LogP contribution in [0, 0.1) is 19.3 Å². The number of hydrogen-bond acceptors (Lipinski definition) is 4. The molecular weight excluding hydrogens is 208 g/mol. The van der Waals surface area contributed by atoms with Gasteiger partial charge in [-0.05, 0) is 6.92 Å². The fourth-order valence-electron chi connectivity index (χ4n) is 1.08. The molecule has 0 amide bonds. The third-order valence-corrected chi connectivity index (χ3v) is 2.94. The van der Waals surface area contributed by atoms with E-state index in [1.54, 1.807) is 11.8 Å². The monoisotopic (exact) mass is 224 g/mol. The van der Waals surface area contributed by atoms with Crippen molar-refractivity contribution in [2.24, 2.45) is 7.05 Å². The molecule has 0 fully saturated rings. The lowest BCUT2D eigenvalue weighted by Gasteiger charge is -2.03. The first-order valence-electron chi connectivity index (χ1n) is 4.82. The highest BCUT2D eigenvalue weighted by Crippen LogP contribution is 1.98. The van der Waals surface area contributed by atoms with Crippen molar-refractivity contribution in [3.8, 4) is 12.3 Å². The van der Waals surface area contributed by atoms with Gasteiger partial charge in [-0.25, -0.2) is 0 Å². The maximum atomic E-state index is 5.14. The minimum Gasteiger partial charge on any atom is -0.317 e. The molecule has 1 N–H and O–H groups in total. The van der Waals surface area contributed by atoms with Crippen LogP contribution in [0.5, 0.6) is 0 Å². The van der Waals surface area contributed by atoms with Crippen LogP contribution in [0.25, 0.3) is 0 Å². The van der Waals surface area contributed by atoms with Gasteiger partial charge in [-0.3, -0.25) is 0 Å². The highest BCUT2D eigenvalue weighted by atomic mass is 32.2. The van der Waals surface area contributed by atoms with Crippen molar-refractivity contribution in [3.63, 3.8) is 0 Å². The number of nitrogens with zero attached hydrogens (tertiary/aromatic N) is 3. The van der Waals surface area contributed by atoms with Crippen LogP contribution >= 0.6 is 11.8 Å². The molecule has 0 saturated carbocycles. The van der Waals surface area contributed by atoms with Crippen LogP contribution in [0.1, 0.15) is 11.6 Å². The summed E-state index contributed by atoms with van der Waals surface area (Å²) >= 11 is 1.76. The minimum atomic E-state index is 0.758. The summed E-state index contributed by atoms with van der Waals surface area (Å²) in [5.41, 5.74) is 0. The molecule has 4 nitrogen and oxygen atoms in total. The molecule has 0 unspecified atom stereocenters. The van der Waals surface area contributed by atoms with Crippen LogP contribution in [-0.2, 0) is 13.6 Å². The Morgan fingerprint density at radius 3 is 2.93 bits per heavy atom. The predicted molar refractivity (Wildman–Crippen MR) is 63.6 cm³/mol. The van der Waals surface area contributed by atoms with Crippen molar-refractivity contribution in [3.05, 3.63) is 11.6 Å². The van der Waals surface area contributed by atoms with Crippen molar-refractivity contribution in [1.82, 2.24) is 20.1 Å². The zero-order chi connectivity index (χ0) is 11.1. The zero-order valence-corrected chi connectivity index (χ0v) is 9.97. The van der Waals surface area contributed by atoms with Crippen LogP contribution < -0.4 is 5.32 Å². The largest absolute Gasteiger partial charge is 0.317 e. The smallest absolute Gasteiger partial charge is 0.146 e. The molecule has 0 atom stereocenters. The molecule has 5 heteroatoms. The Labute approximate surface area is 94.9 Å². The van der Waals surface area contributed by atoms with E-state index >= 15 is 0 Å². The normalized spacial score (nSPS) is 10.2. The molecule has 0 aliphatic carbocycles. The average molecular weight is 224 g/mol. The first kappa shape index (κ1) is 12.1. The van der Waals surface area contributed by atoms with Gasteiger partial charge in [0.15, 0.2) is 0 Å². The molecule has 1 aromatic rings. The van der Waals surface area contributed by atoms with Crippen molar-refractivity contribution >= 4 is 11.8 Å². The fraction of sp³-hybridized carbons (Fsp3) is 0.600. The van der Waals surface area contributed by atoms with Gasteiger partial charge in [0.1, 0.15) is 11.6 Å². The Hall–Kier alpha value is -0.990. The third-order valence-electron chi connectivity index (χ3n) is 2.07. The summed E-state index contributed by atoms with van der Waals surface area (Å²) in [7, 11) is 1.97. The number of nitrogens with one attached hydrogen (secondary N) is 1. The lowest BCUT2D eigenvalue weighted by atomic mass is 10.5. The summed E-state index contributed by atoms with van der Waals surface area (Å²) in [6.45, 7) is 3.64. The molecule has 82 valence electrons. The zero-order valence-electron chi connectivity index (χ0n) is 9.16. The molecule has 0 aliphatic rings.